The number of hydrogen-bond acceptors (Lipinski definition) is 5. The number of H-pyrrole nitrogens is 1. The largest absolute Gasteiger partial charge is 0.468 e. The van der Waals surface area contributed by atoms with Crippen LogP contribution in [0.1, 0.15) is 26.5 Å². The number of rotatable bonds is 9. The molecule has 0 saturated heterocycles. The van der Waals surface area contributed by atoms with E-state index in [0.29, 0.717) is 19.8 Å². The number of aromatic nitrogens is 1. The average Bonchev–Trinajstić information content (AvgIpc) is 2.97. The second kappa shape index (κ2) is 8.28. The van der Waals surface area contributed by atoms with Crippen molar-refractivity contribution in [2.75, 3.05) is 20.3 Å². The normalized spacial score (nSPS) is 13.2. The average molecular weight is 334 g/mol. The van der Waals surface area contributed by atoms with Gasteiger partial charge in [0.2, 0.25) is 0 Å². The number of ether oxygens (including phenoxy) is 3. The van der Waals surface area contributed by atoms with Gasteiger partial charge in [-0.15, -0.1) is 0 Å². The van der Waals surface area contributed by atoms with Gasteiger partial charge in [-0.25, -0.2) is 0 Å². The molecule has 1 heterocycles. The van der Waals surface area contributed by atoms with Crippen molar-refractivity contribution in [3.8, 4) is 0 Å². The van der Waals surface area contributed by atoms with Crippen LogP contribution in [0, 0.1) is 0 Å². The molecule has 0 radical (unpaired) electrons. The lowest BCUT2D eigenvalue weighted by Crippen LogP contribution is -2.57. The molecule has 0 bridgehead atoms. The van der Waals surface area contributed by atoms with Crippen molar-refractivity contribution in [3.63, 3.8) is 0 Å². The van der Waals surface area contributed by atoms with E-state index in [1.807, 2.05) is 38.1 Å². The number of carbonyl (C=O) groups is 1. The number of fused-ring (bicyclic) bond motifs is 1. The van der Waals surface area contributed by atoms with Crippen molar-refractivity contribution >= 4 is 16.9 Å². The summed E-state index contributed by atoms with van der Waals surface area (Å²) in [7, 11) is 1.36. The zero-order valence-corrected chi connectivity index (χ0v) is 14.7. The Labute approximate surface area is 142 Å². The highest BCUT2D eigenvalue weighted by molar-refractivity contribution is 5.80. The quantitative estimate of drug-likeness (QED) is 0.545. The second-order valence-electron chi connectivity index (χ2n) is 5.60. The number of aromatic amines is 1. The molecule has 24 heavy (non-hydrogen) atoms. The number of esters is 1. The van der Waals surface area contributed by atoms with Gasteiger partial charge in [-0.3, -0.25) is 10.1 Å². The molecule has 2 N–H and O–H groups in total. The lowest BCUT2D eigenvalue weighted by atomic mass is 10.1. The summed E-state index contributed by atoms with van der Waals surface area (Å²) in [4.78, 5) is 15.6. The van der Waals surface area contributed by atoms with Gasteiger partial charge in [0.25, 0.3) is 0 Å². The molecule has 132 valence electrons. The topological polar surface area (TPSA) is 72.6 Å². The Morgan fingerprint density at radius 3 is 2.50 bits per heavy atom. The molecule has 0 fully saturated rings. The molecule has 0 aliphatic rings. The second-order valence-corrected chi connectivity index (χ2v) is 5.60. The van der Waals surface area contributed by atoms with E-state index in [9.17, 15) is 4.79 Å². The molecule has 6 heteroatoms. The molecular formula is C18H26N2O4. The summed E-state index contributed by atoms with van der Waals surface area (Å²) < 4.78 is 16.3. The Kier molecular flexibility index (Phi) is 6.36. The lowest BCUT2D eigenvalue weighted by Gasteiger charge is -2.35. The number of benzene rings is 1. The lowest BCUT2D eigenvalue weighted by molar-refractivity contribution is -0.240. The van der Waals surface area contributed by atoms with Crippen LogP contribution in [-0.2, 0) is 25.5 Å². The van der Waals surface area contributed by atoms with Crippen LogP contribution in [0.25, 0.3) is 10.9 Å². The van der Waals surface area contributed by atoms with Crippen LogP contribution in [0.2, 0.25) is 0 Å². The van der Waals surface area contributed by atoms with Crippen LogP contribution >= 0.6 is 0 Å². The summed E-state index contributed by atoms with van der Waals surface area (Å²) in [6, 6.07) is 9.34. The van der Waals surface area contributed by atoms with Gasteiger partial charge in [0, 0.05) is 31.0 Å². The summed E-state index contributed by atoms with van der Waals surface area (Å²) in [6.07, 6.45) is 0. The third-order valence-electron chi connectivity index (χ3n) is 3.91. The van der Waals surface area contributed by atoms with E-state index in [0.717, 1.165) is 16.6 Å². The molecule has 1 aromatic heterocycles. The summed E-state index contributed by atoms with van der Waals surface area (Å²) in [5.74, 6) is -1.52. The number of hydrogen-bond donors (Lipinski definition) is 2. The Hall–Kier alpha value is -1.89. The Morgan fingerprint density at radius 2 is 1.92 bits per heavy atom. The molecular weight excluding hydrogens is 308 g/mol. The van der Waals surface area contributed by atoms with Gasteiger partial charge in [-0.2, -0.15) is 0 Å². The van der Waals surface area contributed by atoms with E-state index < -0.39 is 17.8 Å². The van der Waals surface area contributed by atoms with Gasteiger partial charge in [0.15, 0.2) is 11.8 Å². The first-order valence-electron chi connectivity index (χ1n) is 8.19. The van der Waals surface area contributed by atoms with Crippen molar-refractivity contribution in [2.24, 2.45) is 0 Å². The van der Waals surface area contributed by atoms with E-state index in [1.54, 1.807) is 6.92 Å². The van der Waals surface area contributed by atoms with E-state index in [1.165, 1.54) is 7.11 Å². The predicted molar refractivity (Wildman–Crippen MR) is 92.6 cm³/mol. The monoisotopic (exact) mass is 334 g/mol. The third-order valence-corrected chi connectivity index (χ3v) is 3.91. The number of methoxy groups -OCH3 is 1. The van der Waals surface area contributed by atoms with Crippen LogP contribution in [0.15, 0.2) is 30.3 Å². The molecule has 1 unspecified atom stereocenters. The predicted octanol–water partition coefficient (Wildman–Crippen LogP) is 2.59. The maximum Gasteiger partial charge on any atom is 0.328 e. The summed E-state index contributed by atoms with van der Waals surface area (Å²) in [5.41, 5.74) is 2.03. The van der Waals surface area contributed by atoms with Gasteiger partial charge in [0.05, 0.1) is 7.11 Å². The Bertz CT molecular complexity index is 629. The maximum absolute atomic E-state index is 12.2. The van der Waals surface area contributed by atoms with Gasteiger partial charge in [0.1, 0.15) is 0 Å². The maximum atomic E-state index is 12.2. The number of nitrogens with one attached hydrogen (secondary N) is 2. The zero-order chi connectivity index (χ0) is 17.6. The zero-order valence-electron chi connectivity index (χ0n) is 14.7. The molecule has 0 aliphatic carbocycles. The molecule has 0 saturated carbocycles. The van der Waals surface area contributed by atoms with Crippen LogP contribution < -0.4 is 5.32 Å². The molecule has 0 amide bonds. The van der Waals surface area contributed by atoms with Gasteiger partial charge >= 0.3 is 5.97 Å². The SMILES string of the molecule is CCOC(C)(OCC)C(NCc1cc2ccccc2[nH]1)C(=O)OC. The van der Waals surface area contributed by atoms with Crippen molar-refractivity contribution < 1.29 is 19.0 Å². The minimum absolute atomic E-state index is 0.421. The Balaban J connectivity index is 2.17. The molecule has 0 spiro atoms. The van der Waals surface area contributed by atoms with Gasteiger partial charge in [-0.1, -0.05) is 18.2 Å². The molecule has 2 rings (SSSR count). The number of carbonyl (C=O) groups excluding carboxylic acids is 1. The first-order chi connectivity index (χ1) is 11.5. The third kappa shape index (κ3) is 4.14. The highest BCUT2D eigenvalue weighted by Crippen LogP contribution is 2.21. The fourth-order valence-corrected chi connectivity index (χ4v) is 2.82. The van der Waals surface area contributed by atoms with E-state index >= 15 is 0 Å². The smallest absolute Gasteiger partial charge is 0.328 e. The van der Waals surface area contributed by atoms with Gasteiger partial charge < -0.3 is 19.2 Å². The molecule has 2 aromatic rings. The summed E-state index contributed by atoms with van der Waals surface area (Å²) in [6.45, 7) is 6.80. The molecule has 1 atom stereocenters. The summed E-state index contributed by atoms with van der Waals surface area (Å²) >= 11 is 0. The molecule has 0 aliphatic heterocycles. The van der Waals surface area contributed by atoms with E-state index in [-0.39, 0.29) is 0 Å². The van der Waals surface area contributed by atoms with Crippen molar-refractivity contribution in [3.05, 3.63) is 36.0 Å². The molecule has 6 nitrogen and oxygen atoms in total. The van der Waals surface area contributed by atoms with Crippen molar-refractivity contribution in [1.29, 1.82) is 0 Å². The summed E-state index contributed by atoms with van der Waals surface area (Å²) in [5, 5.41) is 4.33. The van der Waals surface area contributed by atoms with Crippen molar-refractivity contribution in [2.45, 2.75) is 39.1 Å². The standard InChI is InChI=1S/C18H26N2O4/c1-5-23-18(3,24-6-2)16(17(21)22-4)19-12-14-11-13-9-7-8-10-15(13)20-14/h7-11,16,19-20H,5-6,12H2,1-4H3. The van der Waals surface area contributed by atoms with Crippen molar-refractivity contribution in [1.82, 2.24) is 10.3 Å². The van der Waals surface area contributed by atoms with Gasteiger partial charge in [-0.05, 0) is 38.3 Å². The highest BCUT2D eigenvalue weighted by atomic mass is 16.7. The molecule has 1 aromatic carbocycles. The highest BCUT2D eigenvalue weighted by Gasteiger charge is 2.41. The van der Waals surface area contributed by atoms with E-state index in [2.05, 4.69) is 16.4 Å². The van der Waals surface area contributed by atoms with E-state index in [4.69, 9.17) is 14.2 Å². The number of para-hydroxylation sites is 1. The Morgan fingerprint density at radius 1 is 1.25 bits per heavy atom. The first-order valence-corrected chi connectivity index (χ1v) is 8.19. The fraction of sp³-hybridized carbons (Fsp3) is 0.500. The van der Waals surface area contributed by atoms with Crippen LogP contribution in [0.3, 0.4) is 0 Å². The minimum Gasteiger partial charge on any atom is -0.468 e. The first kappa shape index (κ1) is 18.4. The minimum atomic E-state index is -1.09. The van der Waals surface area contributed by atoms with Crippen LogP contribution in [0.4, 0.5) is 0 Å². The van der Waals surface area contributed by atoms with Crippen LogP contribution in [0.5, 0.6) is 0 Å². The van der Waals surface area contributed by atoms with Crippen LogP contribution in [-0.4, -0.2) is 43.1 Å². The fourth-order valence-electron chi connectivity index (χ4n) is 2.82.